The van der Waals surface area contributed by atoms with E-state index in [0.29, 0.717) is 23.4 Å². The molecular formula is C24H26N4O4S. The minimum atomic E-state index is -3.75. The Bertz CT molecular complexity index is 1230. The van der Waals surface area contributed by atoms with Crippen molar-refractivity contribution >= 4 is 27.5 Å². The van der Waals surface area contributed by atoms with Gasteiger partial charge in [-0.3, -0.25) is 19.3 Å². The molecule has 0 fully saturated rings. The Balaban J connectivity index is 1.49. The van der Waals surface area contributed by atoms with Crippen LogP contribution in [0.1, 0.15) is 33.5 Å². The predicted octanol–water partition coefficient (Wildman–Crippen LogP) is 2.94. The van der Waals surface area contributed by atoms with E-state index in [1.807, 2.05) is 25.1 Å². The van der Waals surface area contributed by atoms with E-state index < -0.39 is 10.0 Å². The molecule has 0 unspecified atom stereocenters. The number of carbonyl (C=O) groups excluding carboxylic acids is 2. The fourth-order valence-corrected chi connectivity index (χ4v) is 4.47. The second-order valence-electron chi connectivity index (χ2n) is 7.59. The average Bonchev–Trinajstić information content (AvgIpc) is 2.80. The first-order valence-electron chi connectivity index (χ1n) is 10.4. The van der Waals surface area contributed by atoms with Gasteiger partial charge in [-0.25, -0.2) is 8.42 Å². The molecule has 9 heteroatoms. The lowest BCUT2D eigenvalue weighted by Gasteiger charge is -2.12. The van der Waals surface area contributed by atoms with Crippen LogP contribution >= 0.6 is 0 Å². The van der Waals surface area contributed by atoms with E-state index in [9.17, 15) is 18.0 Å². The summed E-state index contributed by atoms with van der Waals surface area (Å²) in [6.07, 6.45) is 3.45. The lowest BCUT2D eigenvalue weighted by Crippen LogP contribution is -2.30. The van der Waals surface area contributed by atoms with Crippen molar-refractivity contribution in [2.75, 3.05) is 11.3 Å². The summed E-state index contributed by atoms with van der Waals surface area (Å²) in [7, 11) is -3.75. The third-order valence-electron chi connectivity index (χ3n) is 4.91. The molecule has 2 amide bonds. The third-order valence-corrected chi connectivity index (χ3v) is 6.43. The average molecular weight is 467 g/mol. The number of anilines is 1. The fourth-order valence-electron chi connectivity index (χ4n) is 3.08. The summed E-state index contributed by atoms with van der Waals surface area (Å²) < 4.78 is 28.0. The van der Waals surface area contributed by atoms with Crippen molar-refractivity contribution in [1.82, 2.24) is 15.6 Å². The Kier molecular flexibility index (Phi) is 7.78. The van der Waals surface area contributed by atoms with E-state index in [0.717, 1.165) is 11.1 Å². The second kappa shape index (κ2) is 10.7. The molecule has 0 saturated carbocycles. The van der Waals surface area contributed by atoms with E-state index in [4.69, 9.17) is 0 Å². The van der Waals surface area contributed by atoms with Crippen molar-refractivity contribution in [2.24, 2.45) is 0 Å². The van der Waals surface area contributed by atoms with Crippen LogP contribution in [-0.4, -0.2) is 31.8 Å². The van der Waals surface area contributed by atoms with Crippen molar-refractivity contribution in [2.45, 2.75) is 31.7 Å². The maximum atomic E-state index is 12.7. The molecule has 172 valence electrons. The van der Waals surface area contributed by atoms with Crippen LogP contribution in [0.3, 0.4) is 0 Å². The Morgan fingerprint density at radius 3 is 2.30 bits per heavy atom. The van der Waals surface area contributed by atoms with Gasteiger partial charge in [0, 0.05) is 43.2 Å². The number of amides is 2. The van der Waals surface area contributed by atoms with Crippen LogP contribution in [0.15, 0.2) is 71.9 Å². The molecule has 0 bridgehead atoms. The van der Waals surface area contributed by atoms with Crippen LogP contribution in [0.25, 0.3) is 0 Å². The van der Waals surface area contributed by atoms with Crippen molar-refractivity contribution in [3.63, 3.8) is 0 Å². The van der Waals surface area contributed by atoms with E-state index in [1.54, 1.807) is 31.5 Å². The van der Waals surface area contributed by atoms with Crippen LogP contribution in [0, 0.1) is 13.8 Å². The summed E-state index contributed by atoms with van der Waals surface area (Å²) in [5.41, 5.74) is 3.15. The molecule has 0 aliphatic heterocycles. The molecule has 33 heavy (non-hydrogen) atoms. The van der Waals surface area contributed by atoms with Gasteiger partial charge in [0.05, 0.1) is 4.90 Å². The van der Waals surface area contributed by atoms with Crippen molar-refractivity contribution in [3.8, 4) is 0 Å². The molecule has 3 N–H and O–H groups in total. The van der Waals surface area contributed by atoms with E-state index >= 15 is 0 Å². The normalized spacial score (nSPS) is 11.0. The quantitative estimate of drug-likeness (QED) is 0.448. The summed E-state index contributed by atoms with van der Waals surface area (Å²) in [6.45, 7) is 4.15. The molecule has 0 aliphatic carbocycles. The Morgan fingerprint density at radius 2 is 1.61 bits per heavy atom. The molecule has 3 rings (SSSR count). The number of rotatable bonds is 9. The molecule has 8 nitrogen and oxygen atoms in total. The zero-order valence-electron chi connectivity index (χ0n) is 18.5. The van der Waals surface area contributed by atoms with Crippen LogP contribution in [0.4, 0.5) is 5.69 Å². The van der Waals surface area contributed by atoms with Gasteiger partial charge in [0.15, 0.2) is 0 Å². The Hall–Kier alpha value is -3.72. The first-order valence-corrected chi connectivity index (χ1v) is 11.9. The number of aryl methyl sites for hydroxylation is 2. The van der Waals surface area contributed by atoms with Crippen LogP contribution < -0.4 is 15.4 Å². The summed E-state index contributed by atoms with van der Waals surface area (Å²) in [5.74, 6) is -0.524. The number of sulfonamides is 1. The molecule has 0 aliphatic rings. The number of pyridine rings is 1. The molecule has 0 atom stereocenters. The largest absolute Gasteiger partial charge is 0.352 e. The molecule has 0 spiro atoms. The van der Waals surface area contributed by atoms with Crippen molar-refractivity contribution in [1.29, 1.82) is 0 Å². The number of benzene rings is 2. The van der Waals surface area contributed by atoms with Crippen LogP contribution in [-0.2, 0) is 21.4 Å². The first kappa shape index (κ1) is 23.9. The Labute approximate surface area is 193 Å². The van der Waals surface area contributed by atoms with Gasteiger partial charge >= 0.3 is 0 Å². The molecule has 0 radical (unpaired) electrons. The molecule has 1 heterocycles. The molecule has 0 saturated heterocycles. The van der Waals surface area contributed by atoms with Crippen molar-refractivity contribution < 1.29 is 18.0 Å². The lowest BCUT2D eigenvalue weighted by atomic mass is 10.2. The minimum Gasteiger partial charge on any atom is -0.352 e. The highest BCUT2D eigenvalue weighted by atomic mass is 32.2. The minimum absolute atomic E-state index is 0.143. The van der Waals surface area contributed by atoms with E-state index in [-0.39, 0.29) is 29.7 Å². The van der Waals surface area contributed by atoms with Crippen LogP contribution in [0.5, 0.6) is 0 Å². The smallest absolute Gasteiger partial charge is 0.262 e. The van der Waals surface area contributed by atoms with Gasteiger partial charge in [0.25, 0.3) is 15.9 Å². The number of nitrogens with one attached hydrogen (secondary N) is 3. The summed E-state index contributed by atoms with van der Waals surface area (Å²) in [5, 5.41) is 5.47. The zero-order chi connectivity index (χ0) is 23.8. The van der Waals surface area contributed by atoms with Gasteiger partial charge in [0.2, 0.25) is 5.91 Å². The van der Waals surface area contributed by atoms with Gasteiger partial charge in [0.1, 0.15) is 0 Å². The van der Waals surface area contributed by atoms with Gasteiger partial charge < -0.3 is 10.6 Å². The summed E-state index contributed by atoms with van der Waals surface area (Å²) >= 11 is 0. The number of hydrogen-bond acceptors (Lipinski definition) is 5. The maximum Gasteiger partial charge on any atom is 0.262 e. The number of aromatic nitrogens is 1. The molecule has 2 aromatic carbocycles. The highest BCUT2D eigenvalue weighted by molar-refractivity contribution is 7.92. The van der Waals surface area contributed by atoms with Gasteiger partial charge in [-0.05, 0) is 73.0 Å². The highest BCUT2D eigenvalue weighted by Crippen LogP contribution is 2.21. The van der Waals surface area contributed by atoms with Gasteiger partial charge in [-0.15, -0.1) is 0 Å². The maximum absolute atomic E-state index is 12.7. The van der Waals surface area contributed by atoms with Gasteiger partial charge in [-0.1, -0.05) is 12.1 Å². The Morgan fingerprint density at radius 1 is 0.909 bits per heavy atom. The third kappa shape index (κ3) is 6.88. The zero-order valence-corrected chi connectivity index (χ0v) is 19.3. The van der Waals surface area contributed by atoms with E-state index in [2.05, 4.69) is 20.3 Å². The summed E-state index contributed by atoms with van der Waals surface area (Å²) in [4.78, 5) is 28.4. The number of nitrogens with zero attached hydrogens (tertiary/aromatic N) is 1. The predicted molar refractivity (Wildman–Crippen MR) is 126 cm³/mol. The van der Waals surface area contributed by atoms with Crippen molar-refractivity contribution in [3.05, 3.63) is 89.2 Å². The standard InChI is InChI=1S/C24H26N4O4S/c1-17-3-4-18(2)22(15-17)33(31,32)28-21-7-5-20(6-8-21)24(30)26-14-11-23(29)27-16-19-9-12-25-13-10-19/h3-10,12-13,15,28H,11,14,16H2,1-2H3,(H,26,30)(H,27,29). The number of carbonyl (C=O) groups is 2. The lowest BCUT2D eigenvalue weighted by molar-refractivity contribution is -0.121. The topological polar surface area (TPSA) is 117 Å². The molecule has 3 aromatic rings. The molecule has 1 aromatic heterocycles. The highest BCUT2D eigenvalue weighted by Gasteiger charge is 2.17. The fraction of sp³-hybridized carbons (Fsp3) is 0.208. The SMILES string of the molecule is Cc1ccc(C)c(S(=O)(=O)Nc2ccc(C(=O)NCCC(=O)NCc3ccncc3)cc2)c1. The van der Waals surface area contributed by atoms with Gasteiger partial charge in [-0.2, -0.15) is 0 Å². The monoisotopic (exact) mass is 466 g/mol. The number of hydrogen-bond donors (Lipinski definition) is 3. The summed E-state index contributed by atoms with van der Waals surface area (Å²) in [6, 6.07) is 15.0. The molecular weight excluding hydrogens is 440 g/mol. The second-order valence-corrected chi connectivity index (χ2v) is 9.24. The van der Waals surface area contributed by atoms with Crippen LogP contribution in [0.2, 0.25) is 0 Å². The first-order chi connectivity index (χ1) is 15.7. The van der Waals surface area contributed by atoms with E-state index in [1.165, 1.54) is 24.3 Å².